The minimum absolute atomic E-state index is 0.0208. The third-order valence-corrected chi connectivity index (χ3v) is 5.57. The Hall–Kier alpha value is -0.660. The van der Waals surface area contributed by atoms with Gasteiger partial charge in [-0.2, -0.15) is 0 Å². The molecule has 3 N–H and O–H groups in total. The summed E-state index contributed by atoms with van der Waals surface area (Å²) in [6.07, 6.45) is 1.83. The van der Waals surface area contributed by atoms with E-state index in [0.29, 0.717) is 12.8 Å². The molecule has 1 aliphatic carbocycles. The molecule has 18 heavy (non-hydrogen) atoms. The highest BCUT2D eigenvalue weighted by Crippen LogP contribution is 2.25. The van der Waals surface area contributed by atoms with E-state index in [1.54, 1.807) is 0 Å². The Bertz CT molecular complexity index is 413. The molecule has 0 amide bonds. The standard InChI is InChI=1S/C11H19NO5S/c13-10-6-18(16,17)5-9(10)12-8-3-1-7(2-4-8)11(14)15/h7-10,12-13H,1-6H2,(H,14,15). The van der Waals surface area contributed by atoms with Gasteiger partial charge in [-0.05, 0) is 25.7 Å². The SMILES string of the molecule is O=C(O)C1CCC(NC2CS(=O)(=O)CC2O)CC1. The van der Waals surface area contributed by atoms with Gasteiger partial charge in [0.05, 0.1) is 23.5 Å². The molecule has 0 aromatic rings. The van der Waals surface area contributed by atoms with Gasteiger partial charge in [-0.3, -0.25) is 4.79 Å². The summed E-state index contributed by atoms with van der Waals surface area (Å²) >= 11 is 0. The molecule has 1 saturated carbocycles. The number of hydrogen-bond donors (Lipinski definition) is 3. The molecule has 1 aliphatic heterocycles. The van der Waals surface area contributed by atoms with Crippen LogP contribution in [0.1, 0.15) is 25.7 Å². The van der Waals surface area contributed by atoms with Gasteiger partial charge < -0.3 is 15.5 Å². The maximum atomic E-state index is 11.4. The highest BCUT2D eigenvalue weighted by atomic mass is 32.2. The van der Waals surface area contributed by atoms with Crippen LogP contribution in [-0.4, -0.2) is 54.3 Å². The van der Waals surface area contributed by atoms with Gasteiger partial charge in [-0.15, -0.1) is 0 Å². The highest BCUT2D eigenvalue weighted by Gasteiger charge is 2.38. The van der Waals surface area contributed by atoms with Crippen molar-refractivity contribution >= 4 is 15.8 Å². The molecule has 2 fully saturated rings. The molecule has 0 aromatic heterocycles. The summed E-state index contributed by atoms with van der Waals surface area (Å²) in [6.45, 7) is 0. The Labute approximate surface area is 106 Å². The van der Waals surface area contributed by atoms with Crippen molar-refractivity contribution in [1.82, 2.24) is 5.32 Å². The Morgan fingerprint density at radius 1 is 1.11 bits per heavy atom. The summed E-state index contributed by atoms with van der Waals surface area (Å²) in [7, 11) is -3.13. The second-order valence-electron chi connectivity index (χ2n) is 5.30. The van der Waals surface area contributed by atoms with E-state index in [1.807, 2.05) is 0 Å². The molecule has 104 valence electrons. The first-order chi connectivity index (χ1) is 8.37. The molecular weight excluding hydrogens is 258 g/mol. The zero-order chi connectivity index (χ0) is 13.3. The topological polar surface area (TPSA) is 104 Å². The van der Waals surface area contributed by atoms with Crippen LogP contribution in [0.25, 0.3) is 0 Å². The number of rotatable bonds is 3. The number of aliphatic hydroxyl groups is 1. The second kappa shape index (κ2) is 5.14. The fraction of sp³-hybridized carbons (Fsp3) is 0.909. The summed E-state index contributed by atoms with van der Waals surface area (Å²) in [5.74, 6) is -1.22. The number of aliphatic carboxylic acids is 1. The van der Waals surface area contributed by atoms with Gasteiger partial charge in [-0.1, -0.05) is 0 Å². The van der Waals surface area contributed by atoms with E-state index in [4.69, 9.17) is 5.11 Å². The van der Waals surface area contributed by atoms with E-state index >= 15 is 0 Å². The van der Waals surface area contributed by atoms with Crippen molar-refractivity contribution in [2.24, 2.45) is 5.92 Å². The Morgan fingerprint density at radius 3 is 2.17 bits per heavy atom. The van der Waals surface area contributed by atoms with Crippen molar-refractivity contribution in [3.8, 4) is 0 Å². The molecule has 2 aliphatic rings. The molecule has 1 saturated heterocycles. The van der Waals surface area contributed by atoms with Gasteiger partial charge >= 0.3 is 5.97 Å². The van der Waals surface area contributed by atoms with Gasteiger partial charge in [0.15, 0.2) is 9.84 Å². The average molecular weight is 277 g/mol. The number of nitrogens with one attached hydrogen (secondary N) is 1. The number of carbonyl (C=O) groups is 1. The number of carboxylic acids is 1. The smallest absolute Gasteiger partial charge is 0.306 e. The Balaban J connectivity index is 1.84. The zero-order valence-electron chi connectivity index (χ0n) is 10.1. The van der Waals surface area contributed by atoms with Crippen LogP contribution in [0.2, 0.25) is 0 Å². The lowest BCUT2D eigenvalue weighted by Crippen LogP contribution is -2.46. The highest BCUT2D eigenvalue weighted by molar-refractivity contribution is 7.91. The van der Waals surface area contributed by atoms with Crippen molar-refractivity contribution < 1.29 is 23.4 Å². The molecule has 0 radical (unpaired) electrons. The maximum Gasteiger partial charge on any atom is 0.306 e. The quantitative estimate of drug-likeness (QED) is 0.635. The van der Waals surface area contributed by atoms with Crippen LogP contribution in [0.4, 0.5) is 0 Å². The largest absolute Gasteiger partial charge is 0.481 e. The minimum atomic E-state index is -3.13. The van der Waals surface area contributed by atoms with E-state index in [0.717, 1.165) is 12.8 Å². The summed E-state index contributed by atoms with van der Waals surface area (Å²) in [6, 6.07) is -0.282. The summed E-state index contributed by atoms with van der Waals surface area (Å²) in [5.41, 5.74) is 0. The van der Waals surface area contributed by atoms with Crippen LogP contribution in [-0.2, 0) is 14.6 Å². The molecule has 1 heterocycles. The van der Waals surface area contributed by atoms with Gasteiger partial charge in [0.1, 0.15) is 0 Å². The summed E-state index contributed by atoms with van der Waals surface area (Å²) in [5, 5.41) is 21.7. The van der Waals surface area contributed by atoms with E-state index in [1.165, 1.54) is 0 Å². The molecule has 6 nitrogen and oxygen atoms in total. The maximum absolute atomic E-state index is 11.4. The third kappa shape index (κ3) is 3.21. The van der Waals surface area contributed by atoms with Crippen molar-refractivity contribution in [3.63, 3.8) is 0 Å². The molecule has 0 aromatic carbocycles. The van der Waals surface area contributed by atoms with Crippen LogP contribution in [0.5, 0.6) is 0 Å². The average Bonchev–Trinajstić information content (AvgIpc) is 2.52. The van der Waals surface area contributed by atoms with Crippen molar-refractivity contribution in [2.45, 2.75) is 43.9 Å². The van der Waals surface area contributed by atoms with Crippen LogP contribution in [0.3, 0.4) is 0 Å². The van der Waals surface area contributed by atoms with Crippen LogP contribution in [0.15, 0.2) is 0 Å². The normalized spacial score (nSPS) is 39.6. The first kappa shape index (κ1) is 13.8. The first-order valence-electron chi connectivity index (χ1n) is 6.25. The van der Waals surface area contributed by atoms with E-state index < -0.39 is 28.0 Å². The van der Waals surface area contributed by atoms with Gasteiger partial charge in [0.2, 0.25) is 0 Å². The molecule has 0 bridgehead atoms. The van der Waals surface area contributed by atoms with Crippen LogP contribution in [0, 0.1) is 5.92 Å². The van der Waals surface area contributed by atoms with Gasteiger partial charge in [0.25, 0.3) is 0 Å². The minimum Gasteiger partial charge on any atom is -0.481 e. The van der Waals surface area contributed by atoms with Crippen molar-refractivity contribution in [1.29, 1.82) is 0 Å². The fourth-order valence-electron chi connectivity index (χ4n) is 2.80. The van der Waals surface area contributed by atoms with Crippen LogP contribution >= 0.6 is 0 Å². The van der Waals surface area contributed by atoms with Crippen molar-refractivity contribution in [3.05, 3.63) is 0 Å². The van der Waals surface area contributed by atoms with Crippen molar-refractivity contribution in [2.75, 3.05) is 11.5 Å². The Morgan fingerprint density at radius 2 is 1.72 bits per heavy atom. The molecule has 2 unspecified atom stereocenters. The number of hydrogen-bond acceptors (Lipinski definition) is 5. The predicted octanol–water partition coefficient (Wildman–Crippen LogP) is -0.623. The molecule has 2 atom stereocenters. The fourth-order valence-corrected chi connectivity index (χ4v) is 4.55. The zero-order valence-corrected chi connectivity index (χ0v) is 10.9. The molecule has 2 rings (SSSR count). The third-order valence-electron chi connectivity index (χ3n) is 3.85. The lowest BCUT2D eigenvalue weighted by Gasteiger charge is -2.30. The van der Waals surface area contributed by atoms with Gasteiger partial charge in [0, 0.05) is 12.1 Å². The van der Waals surface area contributed by atoms with Crippen LogP contribution < -0.4 is 5.32 Å². The van der Waals surface area contributed by atoms with E-state index in [2.05, 4.69) is 5.32 Å². The number of sulfone groups is 1. The second-order valence-corrected chi connectivity index (χ2v) is 7.46. The molecule has 7 heteroatoms. The number of carboxylic acid groups (broad SMARTS) is 1. The van der Waals surface area contributed by atoms with E-state index in [-0.39, 0.29) is 23.5 Å². The lowest BCUT2D eigenvalue weighted by atomic mass is 9.86. The van der Waals surface area contributed by atoms with Gasteiger partial charge in [-0.25, -0.2) is 8.42 Å². The lowest BCUT2D eigenvalue weighted by molar-refractivity contribution is -0.142. The summed E-state index contributed by atoms with van der Waals surface area (Å²) < 4.78 is 22.7. The van der Waals surface area contributed by atoms with E-state index in [9.17, 15) is 18.3 Å². The first-order valence-corrected chi connectivity index (χ1v) is 8.07. The monoisotopic (exact) mass is 277 g/mol. The predicted molar refractivity (Wildman–Crippen MR) is 65.0 cm³/mol. The number of aliphatic hydroxyl groups excluding tert-OH is 1. The molecular formula is C11H19NO5S. The Kier molecular flexibility index (Phi) is 3.93. The summed E-state index contributed by atoms with van der Waals surface area (Å²) in [4.78, 5) is 10.8. The molecule has 0 spiro atoms.